The molecule has 130 valence electrons. The number of nitrogens with one attached hydrogen (secondary N) is 1. The van der Waals surface area contributed by atoms with Crippen LogP contribution in [0.4, 0.5) is 0 Å². The van der Waals surface area contributed by atoms with E-state index >= 15 is 0 Å². The van der Waals surface area contributed by atoms with E-state index < -0.39 is 0 Å². The van der Waals surface area contributed by atoms with Crippen molar-refractivity contribution in [2.75, 3.05) is 19.8 Å². The molecule has 4 nitrogen and oxygen atoms in total. The molecular formula is C19H31NO3. The Labute approximate surface area is 140 Å². The van der Waals surface area contributed by atoms with Gasteiger partial charge in [0.1, 0.15) is 0 Å². The number of ether oxygens (including phenoxy) is 2. The van der Waals surface area contributed by atoms with Crippen molar-refractivity contribution in [2.45, 2.75) is 58.7 Å². The van der Waals surface area contributed by atoms with Gasteiger partial charge < -0.3 is 14.8 Å². The van der Waals surface area contributed by atoms with Crippen LogP contribution in [0.2, 0.25) is 0 Å². The third-order valence-corrected chi connectivity index (χ3v) is 3.61. The van der Waals surface area contributed by atoms with Crippen molar-refractivity contribution in [3.63, 3.8) is 0 Å². The fourth-order valence-corrected chi connectivity index (χ4v) is 2.44. The van der Waals surface area contributed by atoms with Crippen LogP contribution in [-0.2, 0) is 20.7 Å². The zero-order valence-corrected chi connectivity index (χ0v) is 14.6. The van der Waals surface area contributed by atoms with Crippen LogP contribution in [0.5, 0.6) is 0 Å². The molecule has 0 heterocycles. The van der Waals surface area contributed by atoms with Gasteiger partial charge in [-0.1, -0.05) is 30.3 Å². The lowest BCUT2D eigenvalue weighted by Crippen LogP contribution is -2.24. The van der Waals surface area contributed by atoms with Crippen molar-refractivity contribution < 1.29 is 14.3 Å². The van der Waals surface area contributed by atoms with E-state index in [4.69, 9.17) is 9.47 Å². The normalized spacial score (nSPS) is 10.9. The minimum absolute atomic E-state index is 0.105. The highest BCUT2D eigenvalue weighted by atomic mass is 16.7. The Bertz CT molecular complexity index is 402. The molecule has 0 aromatic heterocycles. The molecule has 0 spiro atoms. The van der Waals surface area contributed by atoms with Gasteiger partial charge in [0.25, 0.3) is 0 Å². The van der Waals surface area contributed by atoms with Gasteiger partial charge in [-0.05, 0) is 51.5 Å². The molecule has 0 aliphatic rings. The maximum atomic E-state index is 11.8. The fraction of sp³-hybridized carbons (Fsp3) is 0.632. The average Bonchev–Trinajstić information content (AvgIpc) is 2.56. The molecule has 23 heavy (non-hydrogen) atoms. The van der Waals surface area contributed by atoms with Crippen molar-refractivity contribution in [3.05, 3.63) is 35.9 Å². The summed E-state index contributed by atoms with van der Waals surface area (Å²) in [7, 11) is 0. The second-order valence-electron chi connectivity index (χ2n) is 5.53. The van der Waals surface area contributed by atoms with Crippen molar-refractivity contribution in [1.29, 1.82) is 0 Å². The molecule has 1 aromatic carbocycles. The molecule has 0 aliphatic heterocycles. The van der Waals surface area contributed by atoms with Gasteiger partial charge in [-0.3, -0.25) is 4.79 Å². The van der Waals surface area contributed by atoms with Crippen molar-refractivity contribution >= 4 is 5.91 Å². The van der Waals surface area contributed by atoms with Gasteiger partial charge in [-0.25, -0.2) is 0 Å². The Morgan fingerprint density at radius 2 is 1.74 bits per heavy atom. The van der Waals surface area contributed by atoms with Crippen LogP contribution in [0.3, 0.4) is 0 Å². The van der Waals surface area contributed by atoms with Gasteiger partial charge >= 0.3 is 0 Å². The summed E-state index contributed by atoms with van der Waals surface area (Å²) in [5.74, 6) is 0.145. The number of amides is 1. The Balaban J connectivity index is 2.01. The van der Waals surface area contributed by atoms with E-state index in [1.807, 2.05) is 32.0 Å². The lowest BCUT2D eigenvalue weighted by Gasteiger charge is -2.16. The van der Waals surface area contributed by atoms with Gasteiger partial charge in [0, 0.05) is 26.2 Å². The molecule has 4 heteroatoms. The van der Waals surface area contributed by atoms with Crippen molar-refractivity contribution in [3.8, 4) is 0 Å². The number of hydrogen-bond donors (Lipinski definition) is 1. The minimum atomic E-state index is -0.105. The van der Waals surface area contributed by atoms with E-state index in [2.05, 4.69) is 17.4 Å². The lowest BCUT2D eigenvalue weighted by molar-refractivity contribution is -0.140. The molecule has 0 aliphatic carbocycles. The topological polar surface area (TPSA) is 47.6 Å². The number of hydrogen-bond acceptors (Lipinski definition) is 3. The summed E-state index contributed by atoms with van der Waals surface area (Å²) in [5, 5.41) is 2.99. The molecule has 0 unspecified atom stereocenters. The zero-order chi connectivity index (χ0) is 16.8. The predicted octanol–water partition coefficient (Wildman–Crippen LogP) is 3.69. The third-order valence-electron chi connectivity index (χ3n) is 3.61. The number of benzene rings is 1. The first-order valence-corrected chi connectivity index (χ1v) is 8.80. The summed E-state index contributed by atoms with van der Waals surface area (Å²) in [5.41, 5.74) is 1.29. The molecule has 0 radical (unpaired) electrons. The molecule has 1 N–H and O–H groups in total. The highest BCUT2D eigenvalue weighted by molar-refractivity contribution is 5.75. The van der Waals surface area contributed by atoms with Crippen LogP contribution < -0.4 is 5.32 Å². The molecule has 0 saturated heterocycles. The number of rotatable bonds is 13. The van der Waals surface area contributed by atoms with Crippen LogP contribution in [0.1, 0.15) is 51.5 Å². The maximum Gasteiger partial charge on any atom is 0.220 e. The summed E-state index contributed by atoms with van der Waals surface area (Å²) in [6.45, 7) is 6.02. The average molecular weight is 321 g/mol. The first-order chi connectivity index (χ1) is 11.3. The molecule has 1 aromatic rings. The predicted molar refractivity (Wildman–Crippen MR) is 93.3 cm³/mol. The summed E-state index contributed by atoms with van der Waals surface area (Å²) in [4.78, 5) is 11.8. The summed E-state index contributed by atoms with van der Waals surface area (Å²) < 4.78 is 11.0. The van der Waals surface area contributed by atoms with E-state index in [0.717, 1.165) is 38.6 Å². The minimum Gasteiger partial charge on any atom is -0.356 e. The summed E-state index contributed by atoms with van der Waals surface area (Å²) >= 11 is 0. The van der Waals surface area contributed by atoms with Crippen LogP contribution >= 0.6 is 0 Å². The van der Waals surface area contributed by atoms with Gasteiger partial charge in [0.15, 0.2) is 6.29 Å². The molecular weight excluding hydrogens is 290 g/mol. The standard InChI is InChI=1S/C19H31NO3/c1-3-22-19(23-4-2)15-8-9-16-20-18(21)14-10-13-17-11-6-5-7-12-17/h5-7,11-12,19H,3-4,8-10,13-16H2,1-2H3,(H,20,21). The Morgan fingerprint density at radius 1 is 1.04 bits per heavy atom. The summed E-state index contributed by atoms with van der Waals surface area (Å²) in [6.07, 6.45) is 5.17. The van der Waals surface area contributed by atoms with E-state index in [-0.39, 0.29) is 12.2 Å². The van der Waals surface area contributed by atoms with E-state index in [9.17, 15) is 4.79 Å². The van der Waals surface area contributed by atoms with Crippen LogP contribution in [-0.4, -0.2) is 32.0 Å². The van der Waals surface area contributed by atoms with Gasteiger partial charge in [0.2, 0.25) is 5.91 Å². The first kappa shape index (κ1) is 19.7. The molecule has 0 fully saturated rings. The highest BCUT2D eigenvalue weighted by Crippen LogP contribution is 2.07. The molecule has 0 atom stereocenters. The SMILES string of the molecule is CCOC(CCCCNC(=O)CCCc1ccccc1)OCC. The molecule has 1 rings (SSSR count). The molecule has 0 bridgehead atoms. The first-order valence-electron chi connectivity index (χ1n) is 8.80. The van der Waals surface area contributed by atoms with Crippen LogP contribution in [0, 0.1) is 0 Å². The second-order valence-corrected chi connectivity index (χ2v) is 5.53. The monoisotopic (exact) mass is 321 g/mol. The van der Waals surface area contributed by atoms with Gasteiger partial charge in [-0.2, -0.15) is 0 Å². The van der Waals surface area contributed by atoms with Gasteiger partial charge in [-0.15, -0.1) is 0 Å². The Morgan fingerprint density at radius 3 is 2.39 bits per heavy atom. The Hall–Kier alpha value is -1.39. The number of unbranched alkanes of at least 4 members (excludes halogenated alkanes) is 1. The van der Waals surface area contributed by atoms with E-state index in [1.165, 1.54) is 5.56 Å². The van der Waals surface area contributed by atoms with E-state index in [1.54, 1.807) is 0 Å². The molecule has 0 saturated carbocycles. The zero-order valence-electron chi connectivity index (χ0n) is 14.6. The van der Waals surface area contributed by atoms with Crippen molar-refractivity contribution in [2.24, 2.45) is 0 Å². The van der Waals surface area contributed by atoms with Crippen LogP contribution in [0.15, 0.2) is 30.3 Å². The molecule has 1 amide bonds. The fourth-order valence-electron chi connectivity index (χ4n) is 2.44. The van der Waals surface area contributed by atoms with Gasteiger partial charge in [0.05, 0.1) is 0 Å². The second kappa shape index (κ2) is 13.1. The third kappa shape index (κ3) is 10.1. The van der Waals surface area contributed by atoms with Crippen molar-refractivity contribution in [1.82, 2.24) is 5.32 Å². The summed E-state index contributed by atoms with van der Waals surface area (Å²) in [6, 6.07) is 10.3. The lowest BCUT2D eigenvalue weighted by atomic mass is 10.1. The quantitative estimate of drug-likeness (QED) is 0.445. The maximum absolute atomic E-state index is 11.8. The number of aryl methyl sites for hydroxylation is 1. The van der Waals surface area contributed by atoms with E-state index in [0.29, 0.717) is 19.6 Å². The largest absolute Gasteiger partial charge is 0.356 e. The number of carbonyl (C=O) groups excluding carboxylic acids is 1. The number of carbonyl (C=O) groups is 1. The smallest absolute Gasteiger partial charge is 0.220 e. The Kier molecular flexibility index (Phi) is 11.2. The highest BCUT2D eigenvalue weighted by Gasteiger charge is 2.07. The van der Waals surface area contributed by atoms with Crippen LogP contribution in [0.25, 0.3) is 0 Å².